The lowest BCUT2D eigenvalue weighted by atomic mass is 10.2. The molecule has 3 rings (SSSR count). The van der Waals surface area contributed by atoms with E-state index >= 15 is 0 Å². The van der Waals surface area contributed by atoms with Gasteiger partial charge in [-0.3, -0.25) is 9.69 Å². The van der Waals surface area contributed by atoms with E-state index in [1.807, 2.05) is 36.4 Å². The molecule has 0 fully saturated rings. The molecule has 0 bridgehead atoms. The number of hydrogen-bond donors (Lipinski definition) is 1. The largest absolute Gasteiger partial charge is 0.491 e. The summed E-state index contributed by atoms with van der Waals surface area (Å²) >= 11 is 6.29. The van der Waals surface area contributed by atoms with E-state index in [2.05, 4.69) is 4.90 Å². The number of aliphatic hydroxyl groups excluding tert-OH is 1. The van der Waals surface area contributed by atoms with E-state index in [0.29, 0.717) is 36.0 Å². The molecule has 1 heterocycles. The van der Waals surface area contributed by atoms with Crippen molar-refractivity contribution in [2.75, 3.05) is 13.2 Å². The fraction of sp³-hybridized carbons (Fsp3) is 0.227. The van der Waals surface area contributed by atoms with Crippen molar-refractivity contribution in [3.63, 3.8) is 0 Å². The number of hydrogen-bond acceptors (Lipinski definition) is 5. The molecule has 0 aliphatic rings. The fourth-order valence-electron chi connectivity index (χ4n) is 2.90. The van der Waals surface area contributed by atoms with E-state index in [1.54, 1.807) is 30.5 Å². The molecule has 1 atom stereocenters. The summed E-state index contributed by atoms with van der Waals surface area (Å²) in [4.78, 5) is 12.9. The van der Waals surface area contributed by atoms with Gasteiger partial charge in [0, 0.05) is 23.7 Å². The van der Waals surface area contributed by atoms with Gasteiger partial charge in [-0.2, -0.15) is 0 Å². The third-order valence-electron chi connectivity index (χ3n) is 4.22. The number of benzene rings is 2. The smallest absolute Gasteiger partial charge is 0.150 e. The fourth-order valence-corrected chi connectivity index (χ4v) is 3.09. The molecule has 0 saturated heterocycles. The highest BCUT2D eigenvalue weighted by atomic mass is 35.5. The number of aliphatic hydroxyl groups is 1. The van der Waals surface area contributed by atoms with E-state index in [-0.39, 0.29) is 6.61 Å². The number of nitrogens with zero attached hydrogens (tertiary/aromatic N) is 1. The van der Waals surface area contributed by atoms with Gasteiger partial charge < -0.3 is 14.3 Å². The van der Waals surface area contributed by atoms with Crippen LogP contribution in [0.25, 0.3) is 0 Å². The van der Waals surface area contributed by atoms with Crippen LogP contribution in [0.4, 0.5) is 0 Å². The first-order chi connectivity index (χ1) is 13.6. The highest BCUT2D eigenvalue weighted by Crippen LogP contribution is 2.19. The third-order valence-corrected chi connectivity index (χ3v) is 4.59. The van der Waals surface area contributed by atoms with Crippen LogP contribution in [0.15, 0.2) is 71.3 Å². The van der Waals surface area contributed by atoms with Gasteiger partial charge in [-0.1, -0.05) is 41.9 Å². The highest BCUT2D eigenvalue weighted by molar-refractivity contribution is 6.31. The maximum atomic E-state index is 10.9. The number of furan rings is 1. The van der Waals surface area contributed by atoms with Crippen LogP contribution in [0, 0.1) is 0 Å². The summed E-state index contributed by atoms with van der Waals surface area (Å²) in [5.74, 6) is 1.35. The summed E-state index contributed by atoms with van der Waals surface area (Å²) in [6.07, 6.45) is 1.66. The third kappa shape index (κ3) is 5.96. The molecule has 1 unspecified atom stereocenters. The first kappa shape index (κ1) is 20.1. The molecule has 0 aliphatic carbocycles. The Hall–Kier alpha value is -2.60. The highest BCUT2D eigenvalue weighted by Gasteiger charge is 2.16. The van der Waals surface area contributed by atoms with Crippen molar-refractivity contribution in [3.8, 4) is 5.75 Å². The predicted molar refractivity (Wildman–Crippen MR) is 108 cm³/mol. The van der Waals surface area contributed by atoms with Crippen LogP contribution < -0.4 is 4.74 Å². The molecular weight excluding hydrogens is 378 g/mol. The second-order valence-electron chi connectivity index (χ2n) is 6.50. The number of halogens is 1. The zero-order chi connectivity index (χ0) is 19.8. The Morgan fingerprint density at radius 1 is 1.11 bits per heavy atom. The van der Waals surface area contributed by atoms with Crippen molar-refractivity contribution in [1.29, 1.82) is 0 Å². The molecule has 0 aliphatic heterocycles. The lowest BCUT2D eigenvalue weighted by Crippen LogP contribution is -2.35. The van der Waals surface area contributed by atoms with Crippen molar-refractivity contribution in [3.05, 3.63) is 88.8 Å². The average molecular weight is 400 g/mol. The Labute approximate surface area is 169 Å². The molecule has 146 valence electrons. The Balaban J connectivity index is 1.62. The minimum absolute atomic E-state index is 0.111. The lowest BCUT2D eigenvalue weighted by molar-refractivity contribution is 0.0604. The molecule has 0 saturated carbocycles. The van der Waals surface area contributed by atoms with Gasteiger partial charge in [0.1, 0.15) is 30.5 Å². The Bertz CT molecular complexity index is 882. The Morgan fingerprint density at radius 2 is 1.96 bits per heavy atom. The van der Waals surface area contributed by atoms with Crippen LogP contribution >= 0.6 is 11.6 Å². The monoisotopic (exact) mass is 399 g/mol. The van der Waals surface area contributed by atoms with Crippen LogP contribution in [0.5, 0.6) is 5.75 Å². The summed E-state index contributed by atoms with van der Waals surface area (Å²) in [6, 6.07) is 18.2. The SMILES string of the molecule is O=Cc1cccc(OCC(O)CN(Cc2ccco2)Cc2ccccc2Cl)c1. The molecule has 1 N–H and O–H groups in total. The molecule has 0 spiro atoms. The Morgan fingerprint density at radius 3 is 2.71 bits per heavy atom. The topological polar surface area (TPSA) is 62.9 Å². The van der Waals surface area contributed by atoms with Crippen LogP contribution in [-0.2, 0) is 13.1 Å². The minimum Gasteiger partial charge on any atom is -0.491 e. The Kier molecular flexibility index (Phi) is 7.25. The predicted octanol–water partition coefficient (Wildman–Crippen LogP) is 4.19. The van der Waals surface area contributed by atoms with E-state index in [4.69, 9.17) is 20.8 Å². The second-order valence-corrected chi connectivity index (χ2v) is 6.90. The number of ether oxygens (including phenoxy) is 1. The van der Waals surface area contributed by atoms with Gasteiger partial charge in [-0.15, -0.1) is 0 Å². The summed E-state index contributed by atoms with van der Waals surface area (Å²) in [5.41, 5.74) is 1.51. The number of rotatable bonds is 10. The van der Waals surface area contributed by atoms with Crippen molar-refractivity contribution in [2.24, 2.45) is 0 Å². The summed E-state index contributed by atoms with van der Waals surface area (Å²) in [6.45, 7) is 1.59. The quantitative estimate of drug-likeness (QED) is 0.518. The lowest BCUT2D eigenvalue weighted by Gasteiger charge is -2.25. The van der Waals surface area contributed by atoms with Crippen LogP contribution in [0.3, 0.4) is 0 Å². The van der Waals surface area contributed by atoms with Crippen LogP contribution in [0.1, 0.15) is 21.7 Å². The van der Waals surface area contributed by atoms with Gasteiger partial charge in [0.2, 0.25) is 0 Å². The first-order valence-corrected chi connectivity index (χ1v) is 9.36. The van der Waals surface area contributed by atoms with E-state index in [1.165, 1.54) is 0 Å². The van der Waals surface area contributed by atoms with Crippen molar-refractivity contribution in [2.45, 2.75) is 19.2 Å². The molecule has 28 heavy (non-hydrogen) atoms. The summed E-state index contributed by atoms with van der Waals surface area (Å²) < 4.78 is 11.1. The van der Waals surface area contributed by atoms with E-state index in [9.17, 15) is 9.90 Å². The van der Waals surface area contributed by atoms with Gasteiger partial charge in [-0.25, -0.2) is 0 Å². The molecule has 0 amide bonds. The molecule has 5 nitrogen and oxygen atoms in total. The number of carbonyl (C=O) groups is 1. The summed E-state index contributed by atoms with van der Waals surface area (Å²) in [7, 11) is 0. The van der Waals surface area contributed by atoms with Crippen molar-refractivity contribution in [1.82, 2.24) is 4.90 Å². The van der Waals surface area contributed by atoms with Crippen molar-refractivity contribution >= 4 is 17.9 Å². The second kappa shape index (κ2) is 10.1. The standard InChI is InChI=1S/C22H22ClNO4/c23-22-9-2-1-6-18(22)12-24(14-21-8-4-10-27-21)13-19(26)16-28-20-7-3-5-17(11-20)15-25/h1-11,15,19,26H,12-14,16H2. The van der Waals surface area contributed by atoms with Crippen LogP contribution in [0.2, 0.25) is 5.02 Å². The zero-order valence-corrected chi connectivity index (χ0v) is 16.1. The van der Waals surface area contributed by atoms with E-state index < -0.39 is 6.10 Å². The van der Waals surface area contributed by atoms with Crippen LogP contribution in [-0.4, -0.2) is 35.5 Å². The molecular formula is C22H22ClNO4. The maximum Gasteiger partial charge on any atom is 0.150 e. The number of aldehydes is 1. The molecule has 1 aromatic heterocycles. The van der Waals surface area contributed by atoms with Crippen molar-refractivity contribution < 1.29 is 19.1 Å². The maximum absolute atomic E-state index is 10.9. The summed E-state index contributed by atoms with van der Waals surface area (Å²) in [5, 5.41) is 11.2. The number of carbonyl (C=O) groups excluding carboxylic acids is 1. The van der Waals surface area contributed by atoms with Gasteiger partial charge >= 0.3 is 0 Å². The van der Waals surface area contributed by atoms with Gasteiger partial charge in [0.25, 0.3) is 0 Å². The normalized spacial score (nSPS) is 12.1. The first-order valence-electron chi connectivity index (χ1n) is 8.98. The molecule has 6 heteroatoms. The molecule has 0 radical (unpaired) electrons. The zero-order valence-electron chi connectivity index (χ0n) is 15.3. The van der Waals surface area contributed by atoms with E-state index in [0.717, 1.165) is 17.6 Å². The molecule has 2 aromatic carbocycles. The van der Waals surface area contributed by atoms with Gasteiger partial charge in [-0.05, 0) is 35.9 Å². The average Bonchev–Trinajstić information content (AvgIpc) is 3.21. The van der Waals surface area contributed by atoms with Gasteiger partial charge in [0.05, 0.1) is 12.8 Å². The minimum atomic E-state index is -0.725. The van der Waals surface area contributed by atoms with Gasteiger partial charge in [0.15, 0.2) is 0 Å². The molecule has 3 aromatic rings.